The number of methoxy groups -OCH3 is 1. The summed E-state index contributed by atoms with van der Waals surface area (Å²) in [6, 6.07) is 22.7. The molecule has 4 rings (SSSR count). The molecule has 0 unspecified atom stereocenters. The quantitative estimate of drug-likeness (QED) is 0.619. The Bertz CT molecular complexity index is 1130. The predicted molar refractivity (Wildman–Crippen MR) is 119 cm³/mol. The number of carbonyl (C=O) groups excluding carboxylic acids is 1. The Kier molecular flexibility index (Phi) is 5.69. The molecule has 0 spiro atoms. The van der Waals surface area contributed by atoms with Crippen molar-refractivity contribution in [2.75, 3.05) is 22.5 Å². The number of hydrogen-bond acceptors (Lipinski definition) is 5. The lowest BCUT2D eigenvalue weighted by Crippen LogP contribution is -2.27. The zero-order valence-corrected chi connectivity index (χ0v) is 17.8. The Morgan fingerprint density at radius 1 is 0.967 bits per heavy atom. The van der Waals surface area contributed by atoms with Crippen LogP contribution in [0.2, 0.25) is 0 Å². The van der Waals surface area contributed by atoms with Gasteiger partial charge >= 0.3 is 0 Å². The second-order valence-electron chi connectivity index (χ2n) is 6.67. The largest absolute Gasteiger partial charge is 0.497 e. The molecule has 1 amide bonds. The van der Waals surface area contributed by atoms with E-state index in [1.165, 1.54) is 11.8 Å². The summed E-state index contributed by atoms with van der Waals surface area (Å²) >= 11 is 1.54. The van der Waals surface area contributed by atoms with Gasteiger partial charge in [0.25, 0.3) is 10.0 Å². The Balaban J connectivity index is 1.55. The Labute approximate surface area is 179 Å². The van der Waals surface area contributed by atoms with E-state index in [9.17, 15) is 13.2 Å². The van der Waals surface area contributed by atoms with Crippen molar-refractivity contribution >= 4 is 39.1 Å². The molecule has 8 heteroatoms. The molecule has 1 fully saturated rings. The highest BCUT2D eigenvalue weighted by Crippen LogP contribution is 2.42. The number of thioether (sulfide) groups is 1. The van der Waals surface area contributed by atoms with Gasteiger partial charge in [-0.3, -0.25) is 14.4 Å². The normalized spacial score (nSPS) is 16.5. The predicted octanol–water partition coefficient (Wildman–Crippen LogP) is 4.27. The van der Waals surface area contributed by atoms with Crippen molar-refractivity contribution in [3.63, 3.8) is 0 Å². The number of ether oxygens (including phenoxy) is 1. The minimum atomic E-state index is -3.65. The van der Waals surface area contributed by atoms with Gasteiger partial charge in [-0.25, -0.2) is 8.42 Å². The maximum absolute atomic E-state index is 12.5. The lowest BCUT2D eigenvalue weighted by Gasteiger charge is -2.24. The summed E-state index contributed by atoms with van der Waals surface area (Å²) in [5.41, 5.74) is 2.18. The first kappa shape index (κ1) is 20.3. The van der Waals surface area contributed by atoms with E-state index < -0.39 is 10.0 Å². The first-order valence-electron chi connectivity index (χ1n) is 9.23. The number of nitrogens with zero attached hydrogens (tertiary/aromatic N) is 1. The highest BCUT2D eigenvalue weighted by Gasteiger charge is 2.34. The van der Waals surface area contributed by atoms with Gasteiger partial charge in [-0.05, 0) is 54.1 Å². The molecular formula is C22H20N2O4S2. The van der Waals surface area contributed by atoms with Crippen LogP contribution < -0.4 is 14.4 Å². The van der Waals surface area contributed by atoms with Crippen LogP contribution in [-0.2, 0) is 14.8 Å². The first-order valence-corrected chi connectivity index (χ1v) is 11.8. The topological polar surface area (TPSA) is 75.7 Å². The number of sulfonamides is 1. The van der Waals surface area contributed by atoms with Gasteiger partial charge in [0, 0.05) is 11.4 Å². The SMILES string of the molecule is COc1ccc(N2C(=O)CS[C@H]2c2ccc(NS(=O)(=O)c3ccccc3)cc2)cc1. The summed E-state index contributed by atoms with van der Waals surface area (Å²) in [5.74, 6) is 1.15. The second-order valence-corrected chi connectivity index (χ2v) is 9.42. The monoisotopic (exact) mass is 440 g/mol. The van der Waals surface area contributed by atoms with Gasteiger partial charge in [0.05, 0.1) is 17.8 Å². The summed E-state index contributed by atoms with van der Waals surface area (Å²) in [4.78, 5) is 14.5. The third kappa shape index (κ3) is 4.15. The molecule has 154 valence electrons. The number of benzene rings is 3. The zero-order chi connectivity index (χ0) is 21.1. The van der Waals surface area contributed by atoms with E-state index in [1.807, 2.05) is 36.4 Å². The number of nitrogens with one attached hydrogen (secondary N) is 1. The summed E-state index contributed by atoms with van der Waals surface area (Å²) in [7, 11) is -2.05. The Hall–Kier alpha value is -2.97. The molecule has 1 heterocycles. The van der Waals surface area contributed by atoms with Gasteiger partial charge in [-0.2, -0.15) is 0 Å². The van der Waals surface area contributed by atoms with E-state index >= 15 is 0 Å². The molecule has 1 saturated heterocycles. The van der Waals surface area contributed by atoms with Crippen LogP contribution in [0.5, 0.6) is 5.75 Å². The smallest absolute Gasteiger partial charge is 0.261 e. The molecule has 0 radical (unpaired) electrons. The van der Waals surface area contributed by atoms with Crippen LogP contribution in [-0.4, -0.2) is 27.2 Å². The van der Waals surface area contributed by atoms with Crippen molar-refractivity contribution in [1.29, 1.82) is 0 Å². The molecule has 30 heavy (non-hydrogen) atoms. The van der Waals surface area contributed by atoms with E-state index in [0.717, 1.165) is 17.0 Å². The molecule has 0 saturated carbocycles. The standard InChI is InChI=1S/C22H20N2O4S2/c1-28-19-13-11-18(12-14-19)24-21(25)15-29-22(24)16-7-9-17(10-8-16)23-30(26,27)20-5-3-2-4-6-20/h2-14,22-23H,15H2,1H3/t22-/m0/s1. The first-order chi connectivity index (χ1) is 14.5. The van der Waals surface area contributed by atoms with Crippen molar-refractivity contribution < 1.29 is 17.9 Å². The minimum absolute atomic E-state index is 0.0315. The highest BCUT2D eigenvalue weighted by molar-refractivity contribution is 8.00. The number of amides is 1. The van der Waals surface area contributed by atoms with Crippen molar-refractivity contribution in [2.24, 2.45) is 0 Å². The van der Waals surface area contributed by atoms with Crippen LogP contribution in [0.4, 0.5) is 11.4 Å². The summed E-state index contributed by atoms with van der Waals surface area (Å²) in [5, 5.41) is -0.175. The summed E-state index contributed by atoms with van der Waals surface area (Å²) in [6.07, 6.45) is 0. The van der Waals surface area contributed by atoms with Crippen molar-refractivity contribution in [1.82, 2.24) is 0 Å². The third-order valence-corrected chi connectivity index (χ3v) is 7.33. The molecule has 0 aromatic heterocycles. The number of rotatable bonds is 6. The van der Waals surface area contributed by atoms with Gasteiger partial charge in [0.15, 0.2) is 0 Å². The van der Waals surface area contributed by atoms with Crippen LogP contribution in [0.3, 0.4) is 0 Å². The van der Waals surface area contributed by atoms with E-state index in [-0.39, 0.29) is 16.2 Å². The molecule has 6 nitrogen and oxygen atoms in total. The summed E-state index contributed by atoms with van der Waals surface area (Å²) < 4.78 is 32.8. The molecule has 1 atom stereocenters. The maximum atomic E-state index is 12.5. The van der Waals surface area contributed by atoms with Gasteiger partial charge in [-0.1, -0.05) is 30.3 Å². The van der Waals surface area contributed by atoms with Crippen LogP contribution >= 0.6 is 11.8 Å². The van der Waals surface area contributed by atoms with Gasteiger partial charge in [0.1, 0.15) is 11.1 Å². The molecule has 1 aliphatic heterocycles. The van der Waals surface area contributed by atoms with Crippen LogP contribution in [0.25, 0.3) is 0 Å². The maximum Gasteiger partial charge on any atom is 0.261 e. The molecule has 3 aromatic carbocycles. The minimum Gasteiger partial charge on any atom is -0.497 e. The van der Waals surface area contributed by atoms with Crippen molar-refractivity contribution in [3.05, 3.63) is 84.4 Å². The van der Waals surface area contributed by atoms with E-state index in [2.05, 4.69) is 4.72 Å². The fourth-order valence-corrected chi connectivity index (χ4v) is 5.48. The number of carbonyl (C=O) groups is 1. The Morgan fingerprint density at radius 2 is 1.63 bits per heavy atom. The molecule has 0 aliphatic carbocycles. The molecule has 1 aliphatic rings. The fourth-order valence-electron chi connectivity index (χ4n) is 3.22. The highest BCUT2D eigenvalue weighted by atomic mass is 32.2. The van der Waals surface area contributed by atoms with E-state index in [4.69, 9.17) is 4.74 Å². The third-order valence-electron chi connectivity index (χ3n) is 4.72. The van der Waals surface area contributed by atoms with Crippen LogP contribution in [0.15, 0.2) is 83.8 Å². The van der Waals surface area contributed by atoms with E-state index in [0.29, 0.717) is 11.4 Å². The number of anilines is 2. The Morgan fingerprint density at radius 3 is 2.27 bits per heavy atom. The van der Waals surface area contributed by atoms with Gasteiger partial charge in [-0.15, -0.1) is 11.8 Å². The van der Waals surface area contributed by atoms with Crippen LogP contribution in [0.1, 0.15) is 10.9 Å². The van der Waals surface area contributed by atoms with E-state index in [1.54, 1.807) is 54.5 Å². The molecule has 1 N–H and O–H groups in total. The number of hydrogen-bond donors (Lipinski definition) is 1. The second kappa shape index (κ2) is 8.41. The van der Waals surface area contributed by atoms with Crippen molar-refractivity contribution in [2.45, 2.75) is 10.3 Å². The van der Waals surface area contributed by atoms with Gasteiger partial charge in [0.2, 0.25) is 5.91 Å². The average molecular weight is 441 g/mol. The van der Waals surface area contributed by atoms with Crippen molar-refractivity contribution in [3.8, 4) is 5.75 Å². The average Bonchev–Trinajstić information content (AvgIpc) is 3.16. The molecular weight excluding hydrogens is 420 g/mol. The summed E-state index contributed by atoms with van der Waals surface area (Å²) in [6.45, 7) is 0. The fraction of sp³-hybridized carbons (Fsp3) is 0.136. The van der Waals surface area contributed by atoms with Gasteiger partial charge < -0.3 is 4.74 Å². The lowest BCUT2D eigenvalue weighted by atomic mass is 10.1. The molecule has 3 aromatic rings. The lowest BCUT2D eigenvalue weighted by molar-refractivity contribution is -0.115. The zero-order valence-electron chi connectivity index (χ0n) is 16.2. The molecule has 0 bridgehead atoms. The van der Waals surface area contributed by atoms with Crippen LogP contribution in [0, 0.1) is 0 Å².